The number of nitrogens with one attached hydrogen (secondary N) is 1. The van der Waals surface area contributed by atoms with E-state index in [1.165, 1.54) is 0 Å². The number of benzene rings is 1. The predicted octanol–water partition coefficient (Wildman–Crippen LogP) is 2.06. The highest BCUT2D eigenvalue weighted by Crippen LogP contribution is 2.10. The van der Waals surface area contributed by atoms with Gasteiger partial charge in [-0.15, -0.1) is 11.6 Å². The fourth-order valence-electron chi connectivity index (χ4n) is 1.32. The summed E-state index contributed by atoms with van der Waals surface area (Å²) in [6, 6.07) is 6.44. The molecular formula is C13H16ClNO4. The zero-order valence-electron chi connectivity index (χ0n) is 10.6. The Morgan fingerprint density at radius 2 is 1.95 bits per heavy atom. The Kier molecular flexibility index (Phi) is 6.92. The van der Waals surface area contributed by atoms with Crippen molar-refractivity contribution in [2.24, 2.45) is 0 Å². The van der Waals surface area contributed by atoms with Gasteiger partial charge in [-0.3, -0.25) is 4.79 Å². The van der Waals surface area contributed by atoms with Crippen LogP contribution < -0.4 is 5.32 Å². The Labute approximate surface area is 116 Å². The summed E-state index contributed by atoms with van der Waals surface area (Å²) >= 11 is 5.42. The van der Waals surface area contributed by atoms with Gasteiger partial charge in [0.25, 0.3) is 0 Å². The SMILES string of the molecule is CCOC(=O)c1ccc(NC(=O)COCCCl)cc1. The van der Waals surface area contributed by atoms with E-state index in [0.29, 0.717) is 30.3 Å². The van der Waals surface area contributed by atoms with E-state index in [1.807, 2.05) is 0 Å². The highest BCUT2D eigenvalue weighted by Gasteiger charge is 2.07. The third-order valence-electron chi connectivity index (χ3n) is 2.13. The topological polar surface area (TPSA) is 64.6 Å². The average molecular weight is 286 g/mol. The molecule has 1 N–H and O–H groups in total. The largest absolute Gasteiger partial charge is 0.462 e. The van der Waals surface area contributed by atoms with Gasteiger partial charge in [-0.2, -0.15) is 0 Å². The second-order valence-electron chi connectivity index (χ2n) is 3.59. The number of amides is 1. The van der Waals surface area contributed by atoms with E-state index in [4.69, 9.17) is 21.1 Å². The van der Waals surface area contributed by atoms with Crippen LogP contribution in [0.5, 0.6) is 0 Å². The third-order valence-corrected chi connectivity index (χ3v) is 2.29. The number of ether oxygens (including phenoxy) is 2. The van der Waals surface area contributed by atoms with Gasteiger partial charge in [0.05, 0.1) is 18.8 Å². The number of hydrogen-bond acceptors (Lipinski definition) is 4. The highest BCUT2D eigenvalue weighted by molar-refractivity contribution is 6.18. The number of hydrogen-bond donors (Lipinski definition) is 1. The first kappa shape index (κ1) is 15.5. The molecule has 0 saturated carbocycles. The molecule has 0 aliphatic carbocycles. The van der Waals surface area contributed by atoms with Gasteiger partial charge in [0.2, 0.25) is 5.91 Å². The van der Waals surface area contributed by atoms with E-state index in [-0.39, 0.29) is 18.5 Å². The summed E-state index contributed by atoms with van der Waals surface area (Å²) < 4.78 is 9.85. The minimum Gasteiger partial charge on any atom is -0.462 e. The minimum atomic E-state index is -0.383. The van der Waals surface area contributed by atoms with E-state index < -0.39 is 0 Å². The number of carbonyl (C=O) groups excluding carboxylic acids is 2. The number of carbonyl (C=O) groups is 2. The molecule has 1 amide bonds. The van der Waals surface area contributed by atoms with Crippen molar-refractivity contribution in [3.05, 3.63) is 29.8 Å². The summed E-state index contributed by atoms with van der Waals surface area (Å²) in [4.78, 5) is 22.8. The Balaban J connectivity index is 2.47. The Morgan fingerprint density at radius 1 is 1.26 bits per heavy atom. The molecule has 1 aromatic carbocycles. The van der Waals surface area contributed by atoms with Crippen LogP contribution in [-0.2, 0) is 14.3 Å². The lowest BCUT2D eigenvalue weighted by atomic mass is 10.2. The molecule has 6 heteroatoms. The molecule has 5 nitrogen and oxygen atoms in total. The smallest absolute Gasteiger partial charge is 0.338 e. The summed E-state index contributed by atoms with van der Waals surface area (Å²) in [6.07, 6.45) is 0. The molecule has 0 unspecified atom stereocenters. The first-order chi connectivity index (χ1) is 9.17. The molecule has 1 rings (SSSR count). The fraction of sp³-hybridized carbons (Fsp3) is 0.385. The maximum atomic E-state index is 11.4. The van der Waals surface area contributed by atoms with Crippen LogP contribution in [-0.4, -0.2) is 37.6 Å². The van der Waals surface area contributed by atoms with E-state index >= 15 is 0 Å². The lowest BCUT2D eigenvalue weighted by Crippen LogP contribution is -2.19. The average Bonchev–Trinajstić information content (AvgIpc) is 2.40. The second-order valence-corrected chi connectivity index (χ2v) is 3.97. The molecule has 0 heterocycles. The van der Waals surface area contributed by atoms with Crippen molar-refractivity contribution in [2.45, 2.75) is 6.92 Å². The molecule has 0 radical (unpaired) electrons. The van der Waals surface area contributed by atoms with Crippen LogP contribution in [0.4, 0.5) is 5.69 Å². The van der Waals surface area contributed by atoms with Crippen LogP contribution in [0.2, 0.25) is 0 Å². The third kappa shape index (κ3) is 5.72. The van der Waals surface area contributed by atoms with Crippen molar-refractivity contribution in [3.63, 3.8) is 0 Å². The van der Waals surface area contributed by atoms with Crippen LogP contribution in [0, 0.1) is 0 Å². The maximum Gasteiger partial charge on any atom is 0.338 e. The van der Waals surface area contributed by atoms with Crippen molar-refractivity contribution < 1.29 is 19.1 Å². The lowest BCUT2D eigenvalue weighted by molar-refractivity contribution is -0.120. The Morgan fingerprint density at radius 3 is 2.53 bits per heavy atom. The molecule has 0 aliphatic heterocycles. The molecule has 0 aliphatic rings. The van der Waals surface area contributed by atoms with Crippen LogP contribution in [0.1, 0.15) is 17.3 Å². The maximum absolute atomic E-state index is 11.4. The summed E-state index contributed by atoms with van der Waals surface area (Å²) in [7, 11) is 0. The Bertz CT molecular complexity index is 419. The van der Waals surface area contributed by atoms with Crippen molar-refractivity contribution in [1.29, 1.82) is 0 Å². The van der Waals surface area contributed by atoms with E-state index in [0.717, 1.165) is 0 Å². The molecular weight excluding hydrogens is 270 g/mol. The van der Waals surface area contributed by atoms with Gasteiger partial charge in [-0.05, 0) is 31.2 Å². The zero-order chi connectivity index (χ0) is 14.1. The number of halogens is 1. The highest BCUT2D eigenvalue weighted by atomic mass is 35.5. The molecule has 19 heavy (non-hydrogen) atoms. The standard InChI is InChI=1S/C13H16ClNO4/c1-2-19-13(17)10-3-5-11(6-4-10)15-12(16)9-18-8-7-14/h3-6H,2,7-9H2,1H3,(H,15,16). The molecule has 0 aromatic heterocycles. The van der Waals surface area contributed by atoms with Gasteiger partial charge in [0, 0.05) is 11.6 Å². The lowest BCUT2D eigenvalue weighted by Gasteiger charge is -2.06. The van der Waals surface area contributed by atoms with Crippen molar-refractivity contribution in [1.82, 2.24) is 0 Å². The second kappa shape index (κ2) is 8.50. The quantitative estimate of drug-likeness (QED) is 0.473. The molecule has 104 valence electrons. The minimum absolute atomic E-state index is 0.0493. The van der Waals surface area contributed by atoms with Crippen LogP contribution >= 0.6 is 11.6 Å². The summed E-state index contributed by atoms with van der Waals surface area (Å²) in [5.41, 5.74) is 1.03. The normalized spacial score (nSPS) is 10.0. The molecule has 0 bridgehead atoms. The van der Waals surface area contributed by atoms with Crippen molar-refractivity contribution in [2.75, 3.05) is 31.0 Å². The van der Waals surface area contributed by atoms with Crippen LogP contribution in [0.25, 0.3) is 0 Å². The van der Waals surface area contributed by atoms with Gasteiger partial charge in [-0.25, -0.2) is 4.79 Å². The van der Waals surface area contributed by atoms with Gasteiger partial charge in [0.15, 0.2) is 0 Å². The number of anilines is 1. The Hall–Kier alpha value is -1.59. The molecule has 0 spiro atoms. The zero-order valence-corrected chi connectivity index (χ0v) is 11.4. The molecule has 0 atom stereocenters. The van der Waals surface area contributed by atoms with Gasteiger partial charge in [-0.1, -0.05) is 0 Å². The predicted molar refractivity (Wildman–Crippen MR) is 72.6 cm³/mol. The van der Waals surface area contributed by atoms with Crippen LogP contribution in [0.3, 0.4) is 0 Å². The number of esters is 1. The van der Waals surface area contributed by atoms with Gasteiger partial charge in [0.1, 0.15) is 6.61 Å². The molecule has 0 saturated heterocycles. The summed E-state index contributed by atoms with van der Waals surface area (Å²) in [5, 5.41) is 2.64. The molecule has 0 fully saturated rings. The van der Waals surface area contributed by atoms with Gasteiger partial charge >= 0.3 is 5.97 Å². The molecule has 1 aromatic rings. The summed E-state index contributed by atoms with van der Waals surface area (Å²) in [6.45, 7) is 2.35. The fourth-order valence-corrected chi connectivity index (χ4v) is 1.43. The summed E-state index contributed by atoms with van der Waals surface area (Å²) in [5.74, 6) is -0.304. The monoisotopic (exact) mass is 285 g/mol. The number of rotatable bonds is 7. The van der Waals surface area contributed by atoms with E-state index in [2.05, 4.69) is 5.32 Å². The van der Waals surface area contributed by atoms with Gasteiger partial charge < -0.3 is 14.8 Å². The van der Waals surface area contributed by atoms with E-state index in [9.17, 15) is 9.59 Å². The first-order valence-corrected chi connectivity index (χ1v) is 6.41. The van der Waals surface area contributed by atoms with Crippen LogP contribution in [0.15, 0.2) is 24.3 Å². The number of alkyl halides is 1. The van der Waals surface area contributed by atoms with Crippen molar-refractivity contribution in [3.8, 4) is 0 Å². The van der Waals surface area contributed by atoms with Crippen molar-refractivity contribution >= 4 is 29.2 Å². The first-order valence-electron chi connectivity index (χ1n) is 5.88. The van der Waals surface area contributed by atoms with E-state index in [1.54, 1.807) is 31.2 Å².